The lowest BCUT2D eigenvalue weighted by atomic mass is 9.78. The highest BCUT2D eigenvalue weighted by molar-refractivity contribution is 7.99. The maximum Gasteiger partial charge on any atom is 0.0490 e. The van der Waals surface area contributed by atoms with Crippen LogP contribution in [0.15, 0.2) is 71.8 Å². The van der Waals surface area contributed by atoms with Gasteiger partial charge in [0.25, 0.3) is 0 Å². The molecule has 0 spiro atoms. The molecule has 162 valence electrons. The van der Waals surface area contributed by atoms with Crippen molar-refractivity contribution >= 4 is 29.2 Å². The van der Waals surface area contributed by atoms with Gasteiger partial charge in [0.1, 0.15) is 0 Å². The lowest BCUT2D eigenvalue weighted by molar-refractivity contribution is 0.713. The number of hydrogen-bond acceptors (Lipinski definition) is 2. The second kappa shape index (κ2) is 12.9. The van der Waals surface area contributed by atoms with Crippen molar-refractivity contribution < 1.29 is 0 Å². The monoisotopic (exact) mass is 441 g/mol. The van der Waals surface area contributed by atoms with Gasteiger partial charge in [-0.1, -0.05) is 79.9 Å². The Hall–Kier alpha value is -1.64. The summed E-state index contributed by atoms with van der Waals surface area (Å²) in [6.07, 6.45) is 11.0. The van der Waals surface area contributed by atoms with Crippen molar-refractivity contribution in [1.82, 2.24) is 0 Å². The van der Waals surface area contributed by atoms with Gasteiger partial charge in [0.2, 0.25) is 0 Å². The molecule has 1 nitrogen and oxygen atoms in total. The number of hydrogen-bond donors (Lipinski definition) is 1. The van der Waals surface area contributed by atoms with Crippen LogP contribution in [0.1, 0.15) is 63.1 Å². The highest BCUT2D eigenvalue weighted by Crippen LogP contribution is 2.37. The van der Waals surface area contributed by atoms with E-state index in [4.69, 9.17) is 11.6 Å². The van der Waals surface area contributed by atoms with Crippen molar-refractivity contribution in [2.24, 2.45) is 0 Å². The van der Waals surface area contributed by atoms with E-state index in [0.717, 1.165) is 24.9 Å². The average molecular weight is 442 g/mol. The molecule has 0 heterocycles. The van der Waals surface area contributed by atoms with E-state index in [0.29, 0.717) is 5.92 Å². The van der Waals surface area contributed by atoms with E-state index >= 15 is 0 Å². The molecule has 30 heavy (non-hydrogen) atoms. The molecular formula is C27H36ClNS. The summed E-state index contributed by atoms with van der Waals surface area (Å²) in [4.78, 5) is 0. The molecule has 0 aromatic heterocycles. The zero-order chi connectivity index (χ0) is 21.9. The Morgan fingerprint density at radius 2 is 1.90 bits per heavy atom. The van der Waals surface area contributed by atoms with Crippen molar-refractivity contribution in [3.8, 4) is 0 Å². The Morgan fingerprint density at radius 1 is 1.13 bits per heavy atom. The first-order chi connectivity index (χ1) is 14.6. The van der Waals surface area contributed by atoms with Gasteiger partial charge in [0.15, 0.2) is 0 Å². The summed E-state index contributed by atoms with van der Waals surface area (Å²) in [5.74, 6) is 0.354. The second-order valence-corrected chi connectivity index (χ2v) is 8.89. The SMILES string of the molecule is CC.CSNc1cccc(CC2C(/C=C\C(C)Cl)=C(/C)CCCc3ccccc32)c1. The topological polar surface area (TPSA) is 12.0 Å². The Kier molecular flexibility index (Phi) is 10.6. The maximum atomic E-state index is 6.26. The fourth-order valence-corrected chi connectivity index (χ4v) is 4.52. The normalized spacial score (nSPS) is 19.9. The summed E-state index contributed by atoms with van der Waals surface area (Å²) in [5, 5.41) is 0.0377. The summed E-state index contributed by atoms with van der Waals surface area (Å²) in [5.41, 5.74) is 8.40. The summed E-state index contributed by atoms with van der Waals surface area (Å²) in [7, 11) is 0. The molecule has 2 atom stereocenters. The number of fused-ring (bicyclic) bond motifs is 1. The Balaban J connectivity index is 0.00000155. The zero-order valence-corrected chi connectivity index (χ0v) is 20.6. The van der Waals surface area contributed by atoms with Crippen LogP contribution in [-0.4, -0.2) is 11.6 Å². The number of allylic oxidation sites excluding steroid dienone is 4. The van der Waals surface area contributed by atoms with Crippen LogP contribution < -0.4 is 4.72 Å². The van der Waals surface area contributed by atoms with Gasteiger partial charge in [-0.3, -0.25) is 0 Å². The Morgan fingerprint density at radius 3 is 2.63 bits per heavy atom. The van der Waals surface area contributed by atoms with E-state index < -0.39 is 0 Å². The summed E-state index contributed by atoms with van der Waals surface area (Å²) in [6.45, 7) is 8.32. The van der Waals surface area contributed by atoms with E-state index in [1.807, 2.05) is 20.8 Å². The minimum Gasteiger partial charge on any atom is -0.330 e. The van der Waals surface area contributed by atoms with Crippen LogP contribution in [0.3, 0.4) is 0 Å². The molecule has 1 N–H and O–H groups in total. The molecule has 2 aromatic carbocycles. The number of benzene rings is 2. The van der Waals surface area contributed by atoms with Gasteiger partial charge < -0.3 is 4.72 Å². The van der Waals surface area contributed by atoms with Gasteiger partial charge in [-0.25, -0.2) is 0 Å². The summed E-state index contributed by atoms with van der Waals surface area (Å²) < 4.78 is 3.36. The molecule has 0 fully saturated rings. The molecule has 0 saturated carbocycles. The second-order valence-electron chi connectivity index (χ2n) is 7.59. The molecule has 3 rings (SSSR count). The van der Waals surface area contributed by atoms with Gasteiger partial charge in [0.05, 0.1) is 0 Å². The molecular weight excluding hydrogens is 406 g/mol. The molecule has 1 aliphatic rings. The molecule has 0 saturated heterocycles. The molecule has 0 amide bonds. The number of aryl methyl sites for hydroxylation is 1. The quantitative estimate of drug-likeness (QED) is 0.355. The molecule has 2 aromatic rings. The molecule has 3 heteroatoms. The van der Waals surface area contributed by atoms with Crippen molar-refractivity contribution in [1.29, 1.82) is 0 Å². The van der Waals surface area contributed by atoms with Gasteiger partial charge in [-0.15, -0.1) is 11.6 Å². The third-order valence-corrected chi connectivity index (χ3v) is 6.01. The van der Waals surface area contributed by atoms with E-state index in [2.05, 4.69) is 78.6 Å². The third-order valence-electron chi connectivity index (χ3n) is 5.42. The fourth-order valence-electron chi connectivity index (χ4n) is 4.09. The predicted molar refractivity (Wildman–Crippen MR) is 138 cm³/mol. The summed E-state index contributed by atoms with van der Waals surface area (Å²) in [6, 6.07) is 17.8. The minimum atomic E-state index is 0.0377. The lowest BCUT2D eigenvalue weighted by Crippen LogP contribution is -2.13. The Bertz CT molecular complexity index is 853. The molecule has 1 aliphatic carbocycles. The molecule has 0 bridgehead atoms. The first-order valence-corrected chi connectivity index (χ1v) is 12.7. The van der Waals surface area contributed by atoms with Crippen LogP contribution in [0.5, 0.6) is 0 Å². The number of rotatable bonds is 6. The van der Waals surface area contributed by atoms with Crippen molar-refractivity contribution in [3.63, 3.8) is 0 Å². The van der Waals surface area contributed by atoms with Crippen LogP contribution in [0.2, 0.25) is 0 Å². The molecule has 2 unspecified atom stereocenters. The van der Waals surface area contributed by atoms with E-state index in [-0.39, 0.29) is 5.38 Å². The number of halogens is 1. The van der Waals surface area contributed by atoms with Gasteiger partial charge in [0, 0.05) is 23.2 Å². The van der Waals surface area contributed by atoms with E-state index in [1.54, 1.807) is 11.9 Å². The van der Waals surface area contributed by atoms with Crippen LogP contribution in [0.4, 0.5) is 5.69 Å². The van der Waals surface area contributed by atoms with E-state index in [9.17, 15) is 0 Å². The summed E-state index contributed by atoms with van der Waals surface area (Å²) >= 11 is 7.89. The van der Waals surface area contributed by atoms with Crippen molar-refractivity contribution in [3.05, 3.63) is 88.5 Å². The van der Waals surface area contributed by atoms with Gasteiger partial charge >= 0.3 is 0 Å². The zero-order valence-electron chi connectivity index (χ0n) is 19.0. The highest BCUT2D eigenvalue weighted by atomic mass is 35.5. The van der Waals surface area contributed by atoms with Crippen LogP contribution in [0.25, 0.3) is 0 Å². The van der Waals surface area contributed by atoms with Crippen molar-refractivity contribution in [2.75, 3.05) is 11.0 Å². The van der Waals surface area contributed by atoms with Gasteiger partial charge in [-0.05, 0) is 73.9 Å². The van der Waals surface area contributed by atoms with Crippen LogP contribution in [0, 0.1) is 0 Å². The average Bonchev–Trinajstić information content (AvgIpc) is 2.74. The largest absolute Gasteiger partial charge is 0.330 e. The lowest BCUT2D eigenvalue weighted by Gasteiger charge is -2.27. The standard InChI is InChI=1S/C25H30ClNS.C2H6/c1-18-8-6-11-21-10-4-5-13-24(21)25(23(18)15-14-19(2)26)17-20-9-7-12-22(16-20)27-28-3;1-2/h4-5,7,9-10,12-16,19,25,27H,6,8,11,17H2,1-3H3;1-2H3/b15-14-,23-18-;. The van der Waals surface area contributed by atoms with Crippen LogP contribution >= 0.6 is 23.5 Å². The molecule has 0 aliphatic heterocycles. The minimum absolute atomic E-state index is 0.0377. The predicted octanol–water partition coefficient (Wildman–Crippen LogP) is 8.57. The fraction of sp³-hybridized carbons (Fsp3) is 0.407. The number of alkyl halides is 1. The third kappa shape index (κ3) is 6.96. The number of nitrogens with one attached hydrogen (secondary N) is 1. The Labute approximate surface area is 193 Å². The molecule has 0 radical (unpaired) electrons. The van der Waals surface area contributed by atoms with Crippen molar-refractivity contribution in [2.45, 2.75) is 64.7 Å². The van der Waals surface area contributed by atoms with E-state index in [1.165, 1.54) is 34.3 Å². The maximum absolute atomic E-state index is 6.26. The first-order valence-electron chi connectivity index (χ1n) is 11.1. The number of anilines is 1. The smallest absolute Gasteiger partial charge is 0.0490 e. The van der Waals surface area contributed by atoms with Crippen LogP contribution in [-0.2, 0) is 12.8 Å². The van der Waals surface area contributed by atoms with Gasteiger partial charge in [-0.2, -0.15) is 0 Å². The first kappa shape index (κ1) is 24.6. The highest BCUT2D eigenvalue weighted by Gasteiger charge is 2.22.